The van der Waals surface area contributed by atoms with Gasteiger partial charge in [-0.15, -0.1) is 0 Å². The molecule has 2 N–H and O–H groups in total. The van der Waals surface area contributed by atoms with E-state index >= 15 is 0 Å². The third-order valence-corrected chi connectivity index (χ3v) is 3.82. The average molecular weight is 336 g/mol. The molecule has 7 heteroatoms. The summed E-state index contributed by atoms with van der Waals surface area (Å²) in [6.45, 7) is 5.47. The largest absolute Gasteiger partial charge is 0.490 e. The van der Waals surface area contributed by atoms with Gasteiger partial charge in [-0.25, -0.2) is 0 Å². The fraction of sp³-hybridized carbons (Fsp3) is 0.529. The molecule has 1 aromatic carbocycles. The van der Waals surface area contributed by atoms with Gasteiger partial charge < -0.3 is 19.9 Å². The van der Waals surface area contributed by atoms with Crippen molar-refractivity contribution in [1.82, 2.24) is 4.90 Å². The van der Waals surface area contributed by atoms with Crippen LogP contribution in [0.25, 0.3) is 0 Å². The first-order valence-electron chi connectivity index (χ1n) is 8.21. The van der Waals surface area contributed by atoms with Crippen molar-refractivity contribution < 1.29 is 24.2 Å². The van der Waals surface area contributed by atoms with Crippen LogP contribution in [0.2, 0.25) is 0 Å². The highest BCUT2D eigenvalue weighted by Gasteiger charge is 2.31. The number of hydrogen-bond donors (Lipinski definition) is 2. The SMILES string of the molecule is CCOc1ccc(NC(=O)CN2CCCC2C(=O)O)cc1OCC. The molecule has 0 radical (unpaired) electrons. The maximum Gasteiger partial charge on any atom is 0.320 e. The summed E-state index contributed by atoms with van der Waals surface area (Å²) in [6.07, 6.45) is 1.38. The Bertz CT molecular complexity index is 590. The van der Waals surface area contributed by atoms with E-state index in [2.05, 4.69) is 5.32 Å². The van der Waals surface area contributed by atoms with Crippen LogP contribution < -0.4 is 14.8 Å². The number of nitrogens with one attached hydrogen (secondary N) is 1. The van der Waals surface area contributed by atoms with Crippen molar-refractivity contribution in [2.45, 2.75) is 32.7 Å². The number of ether oxygens (including phenoxy) is 2. The van der Waals surface area contributed by atoms with Crippen LogP contribution in [0.4, 0.5) is 5.69 Å². The number of amides is 1. The molecule has 1 aromatic rings. The molecule has 2 rings (SSSR count). The molecule has 7 nitrogen and oxygen atoms in total. The number of carbonyl (C=O) groups is 2. The first-order chi connectivity index (χ1) is 11.5. The maximum atomic E-state index is 12.2. The fourth-order valence-electron chi connectivity index (χ4n) is 2.81. The fourth-order valence-corrected chi connectivity index (χ4v) is 2.81. The van der Waals surface area contributed by atoms with Gasteiger partial charge in [0.1, 0.15) is 6.04 Å². The van der Waals surface area contributed by atoms with Crippen LogP contribution in [0.3, 0.4) is 0 Å². The lowest BCUT2D eigenvalue weighted by Gasteiger charge is -2.20. The van der Waals surface area contributed by atoms with Crippen molar-refractivity contribution in [3.05, 3.63) is 18.2 Å². The Morgan fingerprint density at radius 3 is 2.62 bits per heavy atom. The van der Waals surface area contributed by atoms with Crippen molar-refractivity contribution in [2.75, 3.05) is 31.6 Å². The number of aliphatic carboxylic acids is 1. The third-order valence-electron chi connectivity index (χ3n) is 3.82. The van der Waals surface area contributed by atoms with Crippen molar-refractivity contribution in [3.8, 4) is 11.5 Å². The summed E-state index contributed by atoms with van der Waals surface area (Å²) in [5.74, 6) is 0.0827. The first-order valence-corrected chi connectivity index (χ1v) is 8.21. The summed E-state index contributed by atoms with van der Waals surface area (Å²) in [6, 6.07) is 4.63. The Morgan fingerprint density at radius 1 is 1.25 bits per heavy atom. The molecule has 1 unspecified atom stereocenters. The Labute approximate surface area is 141 Å². The van der Waals surface area contributed by atoms with Gasteiger partial charge in [0.05, 0.1) is 19.8 Å². The van der Waals surface area contributed by atoms with Crippen LogP contribution in [0.15, 0.2) is 18.2 Å². The minimum atomic E-state index is -0.875. The average Bonchev–Trinajstić information content (AvgIpc) is 2.98. The number of carboxylic acid groups (broad SMARTS) is 1. The highest BCUT2D eigenvalue weighted by atomic mass is 16.5. The molecule has 0 saturated carbocycles. The smallest absolute Gasteiger partial charge is 0.320 e. The van der Waals surface area contributed by atoms with Crippen LogP contribution in [0.1, 0.15) is 26.7 Å². The highest BCUT2D eigenvalue weighted by molar-refractivity contribution is 5.93. The molecule has 132 valence electrons. The van der Waals surface area contributed by atoms with Gasteiger partial charge in [-0.2, -0.15) is 0 Å². The van der Waals surface area contributed by atoms with Crippen LogP contribution in [0.5, 0.6) is 11.5 Å². The monoisotopic (exact) mass is 336 g/mol. The zero-order valence-corrected chi connectivity index (χ0v) is 14.1. The van der Waals surface area contributed by atoms with E-state index in [1.807, 2.05) is 13.8 Å². The molecule has 1 fully saturated rings. The molecule has 1 amide bonds. The number of nitrogens with zero attached hydrogens (tertiary/aromatic N) is 1. The van der Waals surface area contributed by atoms with E-state index in [-0.39, 0.29) is 12.5 Å². The minimum Gasteiger partial charge on any atom is -0.490 e. The molecule has 1 aliphatic rings. The van der Waals surface area contributed by atoms with Gasteiger partial charge in [0.15, 0.2) is 11.5 Å². The van der Waals surface area contributed by atoms with Crippen molar-refractivity contribution in [3.63, 3.8) is 0 Å². The van der Waals surface area contributed by atoms with Crippen LogP contribution in [-0.4, -0.2) is 54.2 Å². The van der Waals surface area contributed by atoms with Gasteiger partial charge >= 0.3 is 5.97 Å². The van der Waals surface area contributed by atoms with Gasteiger partial charge in [-0.05, 0) is 45.4 Å². The number of carboxylic acids is 1. The summed E-state index contributed by atoms with van der Waals surface area (Å²) in [5.41, 5.74) is 0.595. The number of likely N-dealkylation sites (tertiary alicyclic amines) is 1. The second kappa shape index (κ2) is 8.54. The van der Waals surface area contributed by atoms with Crippen LogP contribution in [-0.2, 0) is 9.59 Å². The number of rotatable bonds is 8. The molecular formula is C17H24N2O5. The second-order valence-electron chi connectivity index (χ2n) is 5.54. The summed E-state index contributed by atoms with van der Waals surface area (Å²) >= 11 is 0. The lowest BCUT2D eigenvalue weighted by molar-refractivity contribution is -0.142. The van der Waals surface area contributed by atoms with E-state index in [1.165, 1.54) is 0 Å². The molecular weight excluding hydrogens is 312 g/mol. The Balaban J connectivity index is 2.00. The summed E-state index contributed by atoms with van der Waals surface area (Å²) in [4.78, 5) is 25.1. The molecule has 0 bridgehead atoms. The first kappa shape index (κ1) is 18.1. The van der Waals surface area contributed by atoms with Crippen LogP contribution in [0, 0.1) is 0 Å². The summed E-state index contributed by atoms with van der Waals surface area (Å²) < 4.78 is 11.0. The van der Waals surface area contributed by atoms with Crippen molar-refractivity contribution in [2.24, 2.45) is 0 Å². The minimum absolute atomic E-state index is 0.0636. The lowest BCUT2D eigenvalue weighted by Crippen LogP contribution is -2.40. The Morgan fingerprint density at radius 2 is 1.96 bits per heavy atom. The highest BCUT2D eigenvalue weighted by Crippen LogP contribution is 2.30. The van der Waals surface area contributed by atoms with E-state index in [4.69, 9.17) is 14.6 Å². The number of anilines is 1. The van der Waals surface area contributed by atoms with E-state index in [1.54, 1.807) is 23.1 Å². The van der Waals surface area contributed by atoms with Gasteiger partial charge in [-0.3, -0.25) is 14.5 Å². The van der Waals surface area contributed by atoms with Gasteiger partial charge in [-0.1, -0.05) is 0 Å². The second-order valence-corrected chi connectivity index (χ2v) is 5.54. The predicted molar refractivity (Wildman–Crippen MR) is 89.6 cm³/mol. The predicted octanol–water partition coefficient (Wildman–Crippen LogP) is 1.97. The topological polar surface area (TPSA) is 88.1 Å². The van der Waals surface area contributed by atoms with E-state index in [0.717, 1.165) is 6.42 Å². The molecule has 1 aliphatic heterocycles. The molecule has 0 aliphatic carbocycles. The van der Waals surface area contributed by atoms with Gasteiger partial charge in [0.2, 0.25) is 5.91 Å². The lowest BCUT2D eigenvalue weighted by atomic mass is 10.2. The zero-order valence-electron chi connectivity index (χ0n) is 14.1. The van der Waals surface area contributed by atoms with E-state index in [0.29, 0.717) is 43.4 Å². The number of carbonyl (C=O) groups excluding carboxylic acids is 1. The molecule has 0 aromatic heterocycles. The normalized spacial score (nSPS) is 17.5. The molecule has 1 heterocycles. The summed E-state index contributed by atoms with van der Waals surface area (Å²) in [5, 5.41) is 11.9. The third kappa shape index (κ3) is 4.61. The van der Waals surface area contributed by atoms with Crippen molar-refractivity contribution in [1.29, 1.82) is 0 Å². The maximum absolute atomic E-state index is 12.2. The summed E-state index contributed by atoms with van der Waals surface area (Å²) in [7, 11) is 0. The molecule has 1 saturated heterocycles. The van der Waals surface area contributed by atoms with Crippen molar-refractivity contribution >= 4 is 17.6 Å². The van der Waals surface area contributed by atoms with Gasteiger partial charge in [0.25, 0.3) is 0 Å². The standard InChI is InChI=1S/C17H24N2O5/c1-3-23-14-8-7-12(10-15(14)24-4-2)18-16(20)11-19-9-5-6-13(19)17(21)22/h7-8,10,13H,3-6,9,11H2,1-2H3,(H,18,20)(H,21,22). The van der Waals surface area contributed by atoms with Crippen LogP contribution >= 0.6 is 0 Å². The zero-order chi connectivity index (χ0) is 17.5. The quantitative estimate of drug-likeness (QED) is 0.755. The van der Waals surface area contributed by atoms with Gasteiger partial charge in [0, 0.05) is 11.8 Å². The number of hydrogen-bond acceptors (Lipinski definition) is 5. The molecule has 1 atom stereocenters. The molecule has 0 spiro atoms. The number of benzene rings is 1. The van der Waals surface area contributed by atoms with E-state index < -0.39 is 12.0 Å². The van der Waals surface area contributed by atoms with E-state index in [9.17, 15) is 9.59 Å². The Kier molecular flexibility index (Phi) is 6.43. The Hall–Kier alpha value is -2.28. The molecule has 24 heavy (non-hydrogen) atoms.